The first-order valence-electron chi connectivity index (χ1n) is 45.1. The molecule has 0 radical (unpaired) electrons. The van der Waals surface area contributed by atoms with Crippen molar-refractivity contribution in [3.8, 4) is 145 Å². The normalized spacial score (nSPS) is 12.9. The van der Waals surface area contributed by atoms with E-state index in [0.717, 1.165) is 5.69 Å². The van der Waals surface area contributed by atoms with Crippen molar-refractivity contribution in [3.05, 3.63) is 471 Å². The van der Waals surface area contributed by atoms with Crippen LogP contribution in [0.1, 0.15) is 49.9 Å². The predicted molar refractivity (Wildman–Crippen MR) is 555 cm³/mol. The summed E-state index contributed by atoms with van der Waals surface area (Å²) in [6, 6.07) is 168. The summed E-state index contributed by atoms with van der Waals surface area (Å²) in [6.07, 6.45) is 0. The summed E-state index contributed by atoms with van der Waals surface area (Å²) in [5.74, 6) is 0. The summed E-state index contributed by atoms with van der Waals surface area (Å²) in [6.45, 7) is 9.51. The van der Waals surface area contributed by atoms with Crippen LogP contribution in [0.3, 0.4) is 0 Å². The third-order valence-electron chi connectivity index (χ3n) is 28.0. The summed E-state index contributed by atoms with van der Waals surface area (Å²) in [7, 11) is 0. The van der Waals surface area contributed by atoms with Gasteiger partial charge in [-0.25, -0.2) is 0 Å². The average molecular weight is 1790 g/mol. The van der Waals surface area contributed by atoms with Crippen LogP contribution in [0.25, 0.3) is 227 Å². The van der Waals surface area contributed by atoms with E-state index in [4.69, 9.17) is 0 Å². The Morgan fingerprint density at radius 1 is 0.162 bits per heavy atom. The molecule has 0 aliphatic heterocycles. The van der Waals surface area contributed by atoms with Gasteiger partial charge in [0.2, 0.25) is 0 Å². The second-order valence-electron chi connectivity index (χ2n) is 36.2. The Bertz CT molecular complexity index is 8680. The molecule has 0 spiro atoms. The Hall–Kier alpha value is -15.0. The third-order valence-corrected chi connectivity index (χ3v) is 33.1. The standard InChI is InChI=1S/2C63H43NSe/c1-63(2)57-22-12-9-19-50(57)51-31-30-44(38-58(51)63)55-36-48(37-56-54-21-11-14-24-61(54)65-62(55)56)47-34-45(42-27-25-41(26-28-42)40-15-5-3-6-16-40)33-46(35-47)43-29-32-53-52-20-10-13-23-59(52)64(60(53)39-43)49-17-7-4-8-18-49;1-63(2)57-22-12-9-19-50(57)51-32-30-49(39-58(51)63)64-59-23-13-10-20-52(59)53-31-29-44(38-60(53)64)46-33-45(42-27-25-41(26-28-42)40-15-5-3-6-16-40)34-47(35-46)48-36-55(43-17-7-4-8-18-43)62-56(37-48)54-21-11-14-24-61(54)65-62/h2*3-39H,1-2H3. The molecule has 0 saturated carbocycles. The number of hydrogen-bond acceptors (Lipinski definition) is 0. The molecule has 20 aromatic carbocycles. The minimum Gasteiger partial charge on any atom is -0.0333 e. The van der Waals surface area contributed by atoms with Crippen LogP contribution in [-0.4, -0.2) is 38.1 Å². The van der Waals surface area contributed by atoms with Gasteiger partial charge < -0.3 is 0 Å². The molecule has 24 aromatic rings. The zero-order valence-electron chi connectivity index (χ0n) is 72.4. The van der Waals surface area contributed by atoms with Gasteiger partial charge in [0.05, 0.1) is 0 Å². The van der Waals surface area contributed by atoms with Crippen molar-refractivity contribution >= 4 is 111 Å². The first-order chi connectivity index (χ1) is 63.9. The van der Waals surface area contributed by atoms with Gasteiger partial charge in [-0.3, -0.25) is 0 Å². The second-order valence-corrected chi connectivity index (χ2v) is 40.6. The zero-order chi connectivity index (χ0) is 86.5. The van der Waals surface area contributed by atoms with E-state index in [2.05, 4.69) is 486 Å². The molecule has 0 unspecified atom stereocenters. The monoisotopic (exact) mass is 1790 g/mol. The number of para-hydroxylation sites is 3. The van der Waals surface area contributed by atoms with Crippen molar-refractivity contribution in [3.63, 3.8) is 0 Å². The maximum atomic E-state index is 2.50. The molecular formula is C126H86N2Se2. The van der Waals surface area contributed by atoms with E-state index in [9.17, 15) is 0 Å². The van der Waals surface area contributed by atoms with Crippen LogP contribution in [-0.2, 0) is 10.8 Å². The summed E-state index contributed by atoms with van der Waals surface area (Å²) in [5, 5.41) is 10.5. The van der Waals surface area contributed by atoms with E-state index < -0.39 is 0 Å². The van der Waals surface area contributed by atoms with E-state index in [1.807, 2.05) is 0 Å². The molecule has 612 valence electrons. The fourth-order valence-corrected chi connectivity index (χ4v) is 26.5. The van der Waals surface area contributed by atoms with Crippen LogP contribution in [0, 0.1) is 0 Å². The van der Waals surface area contributed by atoms with Gasteiger partial charge in [-0.1, -0.05) is 159 Å². The van der Waals surface area contributed by atoms with Crippen LogP contribution >= 0.6 is 0 Å². The third kappa shape index (κ3) is 12.9. The fraction of sp³-hybridized carbons (Fsp3) is 0.0476. The molecule has 0 saturated heterocycles. The van der Waals surface area contributed by atoms with Crippen LogP contribution < -0.4 is 0 Å². The summed E-state index contributed by atoms with van der Waals surface area (Å²) in [4.78, 5) is 0. The van der Waals surface area contributed by atoms with Gasteiger partial charge in [0.25, 0.3) is 0 Å². The smallest absolute Gasteiger partial charge is 0.0280 e. The molecule has 26 rings (SSSR count). The van der Waals surface area contributed by atoms with E-state index in [-0.39, 0.29) is 39.8 Å². The number of rotatable bonds is 12. The van der Waals surface area contributed by atoms with Crippen LogP contribution in [0.5, 0.6) is 0 Å². The van der Waals surface area contributed by atoms with Crippen molar-refractivity contribution in [2.75, 3.05) is 0 Å². The zero-order valence-corrected chi connectivity index (χ0v) is 75.9. The Labute approximate surface area is 768 Å². The first-order valence-corrected chi connectivity index (χ1v) is 48.6. The molecule has 2 nitrogen and oxygen atoms in total. The van der Waals surface area contributed by atoms with Gasteiger partial charge in [0.15, 0.2) is 0 Å². The topological polar surface area (TPSA) is 9.86 Å². The number of benzene rings is 20. The van der Waals surface area contributed by atoms with Gasteiger partial charge in [-0.2, -0.15) is 0 Å². The Morgan fingerprint density at radius 3 is 0.938 bits per heavy atom. The number of nitrogens with zero attached hydrogens (tertiary/aromatic N) is 2. The number of fused-ring (bicyclic) bond motifs is 18. The first kappa shape index (κ1) is 77.4. The van der Waals surface area contributed by atoms with Crippen molar-refractivity contribution in [2.24, 2.45) is 0 Å². The van der Waals surface area contributed by atoms with E-state index >= 15 is 0 Å². The molecule has 4 heteroatoms. The van der Waals surface area contributed by atoms with Crippen LogP contribution in [0.2, 0.25) is 0 Å². The maximum Gasteiger partial charge on any atom is -0.0280 e. The summed E-state index contributed by atoms with van der Waals surface area (Å²) < 4.78 is 10.8. The molecule has 2 aliphatic carbocycles. The summed E-state index contributed by atoms with van der Waals surface area (Å²) >= 11 is 0.424. The molecular weight excluding hydrogens is 1700 g/mol. The Kier molecular flexibility index (Phi) is 18.4. The maximum absolute atomic E-state index is 2.50. The summed E-state index contributed by atoms with van der Waals surface area (Å²) in [5.41, 5.74) is 42.6. The molecule has 130 heavy (non-hydrogen) atoms. The van der Waals surface area contributed by atoms with Crippen LogP contribution in [0.4, 0.5) is 0 Å². The molecule has 0 N–H and O–H groups in total. The van der Waals surface area contributed by atoms with E-state index in [1.54, 1.807) is 0 Å². The van der Waals surface area contributed by atoms with Crippen molar-refractivity contribution in [2.45, 2.75) is 38.5 Å². The molecule has 0 fully saturated rings. The average Bonchev–Trinajstić information content (AvgIpc) is 1.60. The minimum atomic E-state index is -0.0943. The van der Waals surface area contributed by atoms with Gasteiger partial charge in [0.1, 0.15) is 0 Å². The molecule has 0 atom stereocenters. The quantitative estimate of drug-likeness (QED) is 0.108. The Balaban J connectivity index is 0.000000140. The van der Waals surface area contributed by atoms with E-state index in [1.165, 1.54) is 244 Å². The second kappa shape index (κ2) is 30.9. The molecule has 0 amide bonds. The minimum absolute atomic E-state index is 0.0799. The van der Waals surface area contributed by atoms with Gasteiger partial charge in [-0.05, 0) is 58.7 Å². The fourth-order valence-electron chi connectivity index (χ4n) is 21.4. The Morgan fingerprint density at radius 2 is 0.469 bits per heavy atom. The van der Waals surface area contributed by atoms with Crippen molar-refractivity contribution in [1.82, 2.24) is 9.13 Å². The SMILES string of the molecule is CC1(C)c2ccccc2-c2ccc(-c3cc(-c4cc(-c5ccc(-c6ccccc6)cc5)cc(-c5ccc6c7ccccc7n(-c7ccccc7)c6c5)c4)cc4c3[se]c3ccccc34)cc21.CC1(C)c2ccccc2-c2ccc(-n3c4ccccc4c4ccc(-c5cc(-c6ccc(-c7ccccc7)cc6)cc(-c6cc(-c7ccccc7)c7[se]c8ccccc8c7c6)c5)cc43)cc21. The van der Waals surface area contributed by atoms with Gasteiger partial charge >= 0.3 is 551 Å². The predicted octanol–water partition coefficient (Wildman–Crippen LogP) is 33.6. The van der Waals surface area contributed by atoms with Gasteiger partial charge in [-0.15, -0.1) is 0 Å². The molecule has 4 aromatic heterocycles. The van der Waals surface area contributed by atoms with Crippen LogP contribution in [0.15, 0.2) is 449 Å². The number of aromatic nitrogens is 2. The number of hydrogen-bond donors (Lipinski definition) is 0. The van der Waals surface area contributed by atoms with Crippen molar-refractivity contribution < 1.29 is 0 Å². The molecule has 0 bridgehead atoms. The van der Waals surface area contributed by atoms with Gasteiger partial charge in [0, 0.05) is 5.41 Å². The molecule has 2 aliphatic rings. The molecule has 4 heterocycles. The van der Waals surface area contributed by atoms with E-state index in [0.29, 0.717) is 0 Å². The van der Waals surface area contributed by atoms with Crippen molar-refractivity contribution in [1.29, 1.82) is 0 Å². The largest absolute Gasteiger partial charge is 0.0333 e.